The number of halogens is 5. The molecule has 0 unspecified atom stereocenters. The minimum Gasteiger partial charge on any atom is -0.370 e. The van der Waals surface area contributed by atoms with Crippen molar-refractivity contribution in [1.29, 1.82) is 0 Å². The van der Waals surface area contributed by atoms with Gasteiger partial charge in [0, 0.05) is 37.4 Å². The Bertz CT molecular complexity index is 1040. The fourth-order valence-electron chi connectivity index (χ4n) is 4.66. The molecule has 184 valence electrons. The van der Waals surface area contributed by atoms with Crippen LogP contribution in [0.4, 0.5) is 27.6 Å². The first-order valence-electron chi connectivity index (χ1n) is 10.8. The number of benzene rings is 1. The van der Waals surface area contributed by atoms with Gasteiger partial charge in [-0.2, -0.15) is 18.3 Å². The summed E-state index contributed by atoms with van der Waals surface area (Å²) in [5.41, 5.74) is 0.270. The molecule has 1 spiro atoms. The lowest BCUT2D eigenvalue weighted by atomic mass is 9.97. The average Bonchev–Trinajstić information content (AvgIpc) is 3.41. The number of aromatic nitrogens is 2. The maximum Gasteiger partial charge on any atom is 0.416 e. The van der Waals surface area contributed by atoms with Crippen LogP contribution in [-0.4, -0.2) is 67.2 Å². The van der Waals surface area contributed by atoms with E-state index >= 15 is 0 Å². The summed E-state index contributed by atoms with van der Waals surface area (Å²) in [4.78, 5) is 14.8. The van der Waals surface area contributed by atoms with Gasteiger partial charge in [-0.3, -0.25) is 4.79 Å². The fraction of sp³-hybridized carbons (Fsp3) is 0.500. The third kappa shape index (κ3) is 4.97. The summed E-state index contributed by atoms with van der Waals surface area (Å²) in [6.45, 7) is 1.05. The summed E-state index contributed by atoms with van der Waals surface area (Å²) in [6, 6.07) is 2.94. The first-order chi connectivity index (χ1) is 16.1. The maximum absolute atomic E-state index is 14.0. The number of carbonyl (C=O) groups is 1. The molecule has 7 nitrogen and oxygen atoms in total. The molecule has 2 atom stereocenters. The summed E-state index contributed by atoms with van der Waals surface area (Å²) >= 11 is 0. The molecule has 2 saturated heterocycles. The van der Waals surface area contributed by atoms with Crippen LogP contribution in [0.3, 0.4) is 0 Å². The van der Waals surface area contributed by atoms with E-state index in [-0.39, 0.29) is 28.0 Å². The molecule has 1 aromatic carbocycles. The molecule has 0 radical (unpaired) electrons. The van der Waals surface area contributed by atoms with Crippen LogP contribution >= 0.6 is 0 Å². The van der Waals surface area contributed by atoms with Crippen LogP contribution in [0.25, 0.3) is 11.1 Å². The first-order valence-corrected chi connectivity index (χ1v) is 10.8. The fourth-order valence-corrected chi connectivity index (χ4v) is 4.66. The standard InChI is InChI=1S/C22H24F5N5O2/c1-34-17(22(25,26)27)11-28-20(33)18-19(32-6-4-21(12-32)3-2-5-29-21)16(10-30-31-18)13-7-14(23)9-15(24)8-13/h7-10,17,29H,2-6,11-12H2,1H3,(H,28,33)/t17-,21-/m0/s1. The summed E-state index contributed by atoms with van der Waals surface area (Å²) in [5.74, 6) is -2.52. The van der Waals surface area contributed by atoms with Crippen molar-refractivity contribution < 1.29 is 31.5 Å². The van der Waals surface area contributed by atoms with Gasteiger partial charge in [-0.15, -0.1) is 5.10 Å². The second-order valence-corrected chi connectivity index (χ2v) is 8.57. The largest absolute Gasteiger partial charge is 0.416 e. The summed E-state index contributed by atoms with van der Waals surface area (Å²) < 4.78 is 71.5. The van der Waals surface area contributed by atoms with E-state index in [1.54, 1.807) is 0 Å². The zero-order chi connectivity index (χ0) is 24.5. The number of rotatable bonds is 6. The van der Waals surface area contributed by atoms with Gasteiger partial charge in [0.1, 0.15) is 11.6 Å². The highest BCUT2D eigenvalue weighted by molar-refractivity contribution is 6.01. The second kappa shape index (κ2) is 9.41. The minimum atomic E-state index is -4.67. The Labute approximate surface area is 192 Å². The van der Waals surface area contributed by atoms with E-state index < -0.39 is 36.4 Å². The van der Waals surface area contributed by atoms with Gasteiger partial charge in [0.15, 0.2) is 11.8 Å². The van der Waals surface area contributed by atoms with Gasteiger partial charge >= 0.3 is 6.18 Å². The van der Waals surface area contributed by atoms with Gasteiger partial charge in [0.05, 0.1) is 18.4 Å². The Balaban J connectivity index is 1.72. The minimum absolute atomic E-state index is 0.141. The Kier molecular flexibility index (Phi) is 6.72. The van der Waals surface area contributed by atoms with Crippen LogP contribution in [-0.2, 0) is 4.74 Å². The van der Waals surface area contributed by atoms with Crippen molar-refractivity contribution in [2.75, 3.05) is 38.2 Å². The molecular formula is C22H24F5N5O2. The van der Waals surface area contributed by atoms with E-state index in [2.05, 4.69) is 25.6 Å². The molecule has 1 amide bonds. The lowest BCUT2D eigenvalue weighted by Crippen LogP contribution is -2.44. The Morgan fingerprint density at radius 1 is 1.26 bits per heavy atom. The van der Waals surface area contributed by atoms with E-state index in [9.17, 15) is 26.7 Å². The number of ether oxygens (including phenoxy) is 1. The number of nitrogens with zero attached hydrogens (tertiary/aromatic N) is 3. The van der Waals surface area contributed by atoms with Crippen molar-refractivity contribution in [2.45, 2.75) is 37.1 Å². The molecule has 34 heavy (non-hydrogen) atoms. The maximum atomic E-state index is 14.0. The van der Waals surface area contributed by atoms with Crippen molar-refractivity contribution in [3.05, 3.63) is 41.7 Å². The molecule has 2 N–H and O–H groups in total. The molecule has 3 heterocycles. The highest BCUT2D eigenvalue weighted by Crippen LogP contribution is 2.39. The van der Waals surface area contributed by atoms with E-state index in [1.165, 1.54) is 6.20 Å². The predicted molar refractivity (Wildman–Crippen MR) is 113 cm³/mol. The Morgan fingerprint density at radius 3 is 2.62 bits per heavy atom. The number of anilines is 1. The van der Waals surface area contributed by atoms with E-state index in [0.29, 0.717) is 13.1 Å². The molecular weight excluding hydrogens is 461 g/mol. The Morgan fingerprint density at radius 2 is 2.00 bits per heavy atom. The van der Waals surface area contributed by atoms with Crippen LogP contribution in [0.15, 0.2) is 24.4 Å². The molecule has 0 aliphatic carbocycles. The molecule has 2 aliphatic heterocycles. The monoisotopic (exact) mass is 485 g/mol. The molecule has 0 saturated carbocycles. The van der Waals surface area contributed by atoms with Crippen LogP contribution < -0.4 is 15.5 Å². The number of nitrogens with one attached hydrogen (secondary N) is 2. The van der Waals surface area contributed by atoms with Gasteiger partial charge < -0.3 is 20.3 Å². The predicted octanol–water partition coefficient (Wildman–Crippen LogP) is 3.06. The first kappa shape index (κ1) is 24.3. The molecule has 2 fully saturated rings. The number of hydrogen-bond donors (Lipinski definition) is 2. The van der Waals surface area contributed by atoms with E-state index in [4.69, 9.17) is 0 Å². The normalized spacial score (nSPS) is 21.3. The topological polar surface area (TPSA) is 79.4 Å². The quantitative estimate of drug-likeness (QED) is 0.613. The number of amides is 1. The lowest BCUT2D eigenvalue weighted by molar-refractivity contribution is -0.210. The zero-order valence-electron chi connectivity index (χ0n) is 18.4. The van der Waals surface area contributed by atoms with Crippen molar-refractivity contribution in [3.8, 4) is 11.1 Å². The Hall–Kier alpha value is -2.86. The SMILES string of the molecule is CO[C@@H](CNC(=O)c1nncc(-c2cc(F)cc(F)c2)c1N1CC[C@@]2(CCCN2)C1)C(F)(F)F. The van der Waals surface area contributed by atoms with E-state index in [1.807, 2.05) is 4.90 Å². The highest BCUT2D eigenvalue weighted by atomic mass is 19.4. The van der Waals surface area contributed by atoms with Crippen LogP contribution in [0.2, 0.25) is 0 Å². The van der Waals surface area contributed by atoms with E-state index in [0.717, 1.165) is 51.1 Å². The summed E-state index contributed by atoms with van der Waals surface area (Å²) in [6.07, 6.45) is -2.89. The van der Waals surface area contributed by atoms with Crippen LogP contribution in [0.5, 0.6) is 0 Å². The van der Waals surface area contributed by atoms with Gasteiger partial charge in [-0.05, 0) is 43.5 Å². The lowest BCUT2D eigenvalue weighted by Gasteiger charge is -2.27. The van der Waals surface area contributed by atoms with Crippen molar-refractivity contribution >= 4 is 11.6 Å². The zero-order valence-corrected chi connectivity index (χ0v) is 18.4. The smallest absolute Gasteiger partial charge is 0.370 e. The molecule has 1 aromatic heterocycles. The summed E-state index contributed by atoms with van der Waals surface area (Å²) in [5, 5.41) is 13.4. The summed E-state index contributed by atoms with van der Waals surface area (Å²) in [7, 11) is 0.896. The molecule has 2 aliphatic rings. The van der Waals surface area contributed by atoms with Crippen LogP contribution in [0.1, 0.15) is 29.8 Å². The van der Waals surface area contributed by atoms with Gasteiger partial charge in [-0.25, -0.2) is 8.78 Å². The van der Waals surface area contributed by atoms with Gasteiger partial charge in [0.25, 0.3) is 5.91 Å². The number of methoxy groups -OCH3 is 1. The number of alkyl halides is 3. The number of carbonyl (C=O) groups excluding carboxylic acids is 1. The third-order valence-electron chi connectivity index (χ3n) is 6.31. The van der Waals surface area contributed by atoms with Crippen molar-refractivity contribution in [3.63, 3.8) is 0 Å². The molecule has 4 rings (SSSR count). The molecule has 12 heteroatoms. The molecule has 0 bridgehead atoms. The highest BCUT2D eigenvalue weighted by Gasteiger charge is 2.43. The second-order valence-electron chi connectivity index (χ2n) is 8.57. The average molecular weight is 485 g/mol. The van der Waals surface area contributed by atoms with Crippen LogP contribution in [0, 0.1) is 11.6 Å². The third-order valence-corrected chi connectivity index (χ3v) is 6.31. The number of hydrogen-bond acceptors (Lipinski definition) is 6. The molecule has 2 aromatic rings. The van der Waals surface area contributed by atoms with Gasteiger partial charge in [-0.1, -0.05) is 0 Å². The van der Waals surface area contributed by atoms with Crippen molar-refractivity contribution in [2.24, 2.45) is 0 Å². The van der Waals surface area contributed by atoms with Gasteiger partial charge in [0.2, 0.25) is 0 Å². The van der Waals surface area contributed by atoms with Crippen molar-refractivity contribution in [1.82, 2.24) is 20.8 Å².